The number of hydrogen-bond acceptors (Lipinski definition) is 3. The van der Waals surface area contributed by atoms with Crippen LogP contribution in [0.25, 0.3) is 0 Å². The summed E-state index contributed by atoms with van der Waals surface area (Å²) in [6.45, 7) is 7.31. The van der Waals surface area contributed by atoms with Gasteiger partial charge in [-0.05, 0) is 30.9 Å². The van der Waals surface area contributed by atoms with E-state index in [1.807, 2.05) is 49.1 Å². The molecule has 0 bridgehead atoms. The minimum atomic E-state index is -0.0368. The number of ether oxygens (including phenoxy) is 1. The summed E-state index contributed by atoms with van der Waals surface area (Å²) < 4.78 is 5.82. The van der Waals surface area contributed by atoms with Gasteiger partial charge in [-0.1, -0.05) is 32.0 Å². The van der Waals surface area contributed by atoms with Gasteiger partial charge >= 0.3 is 6.03 Å². The summed E-state index contributed by atoms with van der Waals surface area (Å²) in [7, 11) is 0. The van der Waals surface area contributed by atoms with E-state index in [9.17, 15) is 9.59 Å². The predicted octanol–water partition coefficient (Wildman–Crippen LogP) is 2.35. The largest absolute Gasteiger partial charge is 0.487 e. The fraction of sp³-hybridized carbons (Fsp3) is 0.600. The average molecular weight is 359 g/mol. The molecular formula is C20H29N3O3. The Kier molecular flexibility index (Phi) is 6.01. The van der Waals surface area contributed by atoms with E-state index in [2.05, 4.69) is 5.32 Å². The molecule has 2 aliphatic heterocycles. The third kappa shape index (κ3) is 4.68. The molecule has 1 unspecified atom stereocenters. The molecule has 0 saturated carbocycles. The number of para-hydroxylation sites is 1. The molecule has 0 aliphatic carbocycles. The molecule has 142 valence electrons. The second-order valence-corrected chi connectivity index (χ2v) is 7.59. The van der Waals surface area contributed by atoms with Gasteiger partial charge in [-0.2, -0.15) is 0 Å². The maximum absolute atomic E-state index is 12.3. The Morgan fingerprint density at radius 2 is 1.88 bits per heavy atom. The Bertz CT molecular complexity index is 614. The van der Waals surface area contributed by atoms with Crippen LogP contribution in [-0.4, -0.2) is 60.6 Å². The van der Waals surface area contributed by atoms with E-state index in [-0.39, 0.29) is 24.0 Å². The summed E-state index contributed by atoms with van der Waals surface area (Å²) in [6.07, 6.45) is 2.13. The molecule has 1 atom stereocenters. The number of carbonyl (C=O) groups is 2. The molecule has 2 saturated heterocycles. The lowest BCUT2D eigenvalue weighted by molar-refractivity contribution is -0.136. The molecule has 1 aromatic rings. The van der Waals surface area contributed by atoms with E-state index in [0.717, 1.165) is 31.7 Å². The number of carbonyl (C=O) groups excluding carboxylic acids is 2. The first-order valence-corrected chi connectivity index (χ1v) is 9.56. The molecule has 1 aromatic carbocycles. The highest BCUT2D eigenvalue weighted by molar-refractivity contribution is 5.78. The summed E-state index contributed by atoms with van der Waals surface area (Å²) in [5, 5.41) is 3.02. The number of nitrogens with zero attached hydrogens (tertiary/aromatic N) is 2. The SMILES string of the molecule is CC(C)C(=O)N1CCCC(CNC(=O)N2CC(Oc3ccccc3)C2)C1. The van der Waals surface area contributed by atoms with Gasteiger partial charge < -0.3 is 19.9 Å². The minimum Gasteiger partial charge on any atom is -0.487 e. The highest BCUT2D eigenvalue weighted by Crippen LogP contribution is 2.19. The van der Waals surface area contributed by atoms with Gasteiger partial charge in [0, 0.05) is 25.6 Å². The molecule has 26 heavy (non-hydrogen) atoms. The van der Waals surface area contributed by atoms with Gasteiger partial charge in [-0.3, -0.25) is 4.79 Å². The highest BCUT2D eigenvalue weighted by atomic mass is 16.5. The van der Waals surface area contributed by atoms with Crippen LogP contribution in [0.5, 0.6) is 5.75 Å². The van der Waals surface area contributed by atoms with Crippen molar-refractivity contribution < 1.29 is 14.3 Å². The zero-order chi connectivity index (χ0) is 18.5. The third-order valence-corrected chi connectivity index (χ3v) is 5.05. The Morgan fingerprint density at radius 1 is 1.15 bits per heavy atom. The van der Waals surface area contributed by atoms with Crippen LogP contribution in [0.3, 0.4) is 0 Å². The zero-order valence-electron chi connectivity index (χ0n) is 15.7. The molecule has 3 amide bonds. The summed E-state index contributed by atoms with van der Waals surface area (Å²) in [6, 6.07) is 9.65. The Labute approximate surface area is 155 Å². The quantitative estimate of drug-likeness (QED) is 0.878. The van der Waals surface area contributed by atoms with E-state index in [4.69, 9.17) is 4.74 Å². The molecule has 0 radical (unpaired) electrons. The van der Waals surface area contributed by atoms with Crippen LogP contribution >= 0.6 is 0 Å². The molecule has 3 rings (SSSR count). The maximum Gasteiger partial charge on any atom is 0.317 e. The van der Waals surface area contributed by atoms with Crippen molar-refractivity contribution in [3.05, 3.63) is 30.3 Å². The lowest BCUT2D eigenvalue weighted by atomic mass is 9.97. The first-order chi connectivity index (χ1) is 12.5. The van der Waals surface area contributed by atoms with Crippen LogP contribution in [-0.2, 0) is 4.79 Å². The van der Waals surface area contributed by atoms with Crippen molar-refractivity contribution in [1.82, 2.24) is 15.1 Å². The minimum absolute atomic E-state index is 0.0333. The monoisotopic (exact) mass is 359 g/mol. The number of nitrogens with one attached hydrogen (secondary N) is 1. The number of hydrogen-bond donors (Lipinski definition) is 1. The van der Waals surface area contributed by atoms with Crippen LogP contribution in [0.1, 0.15) is 26.7 Å². The van der Waals surface area contributed by atoms with Gasteiger partial charge in [0.05, 0.1) is 13.1 Å². The summed E-state index contributed by atoms with van der Waals surface area (Å²) in [5.41, 5.74) is 0. The van der Waals surface area contributed by atoms with Gasteiger partial charge in [-0.25, -0.2) is 4.79 Å². The average Bonchev–Trinajstić information content (AvgIpc) is 2.62. The van der Waals surface area contributed by atoms with Crippen LogP contribution in [0.15, 0.2) is 30.3 Å². The fourth-order valence-corrected chi connectivity index (χ4v) is 3.51. The van der Waals surface area contributed by atoms with Crippen molar-refractivity contribution in [2.45, 2.75) is 32.8 Å². The van der Waals surface area contributed by atoms with Crippen LogP contribution in [0.4, 0.5) is 4.79 Å². The summed E-state index contributed by atoms with van der Waals surface area (Å²) >= 11 is 0. The Morgan fingerprint density at radius 3 is 2.58 bits per heavy atom. The smallest absolute Gasteiger partial charge is 0.317 e. The normalized spacial score (nSPS) is 20.7. The molecule has 2 aliphatic rings. The van der Waals surface area contributed by atoms with Crippen molar-refractivity contribution in [1.29, 1.82) is 0 Å². The number of rotatable bonds is 5. The molecule has 2 fully saturated rings. The van der Waals surface area contributed by atoms with E-state index in [1.54, 1.807) is 4.90 Å². The third-order valence-electron chi connectivity index (χ3n) is 5.05. The van der Waals surface area contributed by atoms with Gasteiger partial charge in [0.15, 0.2) is 0 Å². The number of piperidine rings is 1. The van der Waals surface area contributed by atoms with Gasteiger partial charge in [0.1, 0.15) is 11.9 Å². The maximum atomic E-state index is 12.3. The van der Waals surface area contributed by atoms with E-state index in [0.29, 0.717) is 25.6 Å². The van der Waals surface area contributed by atoms with E-state index in [1.165, 1.54) is 0 Å². The van der Waals surface area contributed by atoms with Gasteiger partial charge in [-0.15, -0.1) is 0 Å². The lowest BCUT2D eigenvalue weighted by Crippen LogP contribution is -2.59. The van der Waals surface area contributed by atoms with Crippen LogP contribution in [0.2, 0.25) is 0 Å². The first-order valence-electron chi connectivity index (χ1n) is 9.56. The fourth-order valence-electron chi connectivity index (χ4n) is 3.51. The molecule has 6 heteroatoms. The standard InChI is InChI=1S/C20H29N3O3/c1-15(2)19(24)22-10-6-7-16(12-22)11-21-20(25)23-13-18(14-23)26-17-8-4-3-5-9-17/h3-5,8-9,15-16,18H,6-7,10-14H2,1-2H3,(H,21,25). The number of amides is 3. The van der Waals surface area contributed by atoms with Crippen molar-refractivity contribution in [3.63, 3.8) is 0 Å². The van der Waals surface area contributed by atoms with Gasteiger partial charge in [0.25, 0.3) is 0 Å². The molecule has 0 aromatic heterocycles. The molecular weight excluding hydrogens is 330 g/mol. The van der Waals surface area contributed by atoms with Crippen LogP contribution in [0, 0.1) is 11.8 Å². The molecule has 6 nitrogen and oxygen atoms in total. The number of benzene rings is 1. The lowest BCUT2D eigenvalue weighted by Gasteiger charge is -2.39. The Balaban J connectivity index is 1.36. The second-order valence-electron chi connectivity index (χ2n) is 7.59. The number of likely N-dealkylation sites (tertiary alicyclic amines) is 2. The van der Waals surface area contributed by atoms with Crippen molar-refractivity contribution in [2.24, 2.45) is 11.8 Å². The topological polar surface area (TPSA) is 61.9 Å². The van der Waals surface area contributed by atoms with Crippen molar-refractivity contribution in [2.75, 3.05) is 32.7 Å². The van der Waals surface area contributed by atoms with Crippen molar-refractivity contribution in [3.8, 4) is 5.75 Å². The molecule has 0 spiro atoms. The Hall–Kier alpha value is -2.24. The van der Waals surface area contributed by atoms with Crippen molar-refractivity contribution >= 4 is 11.9 Å². The molecule has 2 heterocycles. The van der Waals surface area contributed by atoms with Gasteiger partial charge in [0.2, 0.25) is 5.91 Å². The predicted molar refractivity (Wildman–Crippen MR) is 100.0 cm³/mol. The summed E-state index contributed by atoms with van der Waals surface area (Å²) in [4.78, 5) is 28.1. The summed E-state index contributed by atoms with van der Waals surface area (Å²) in [5.74, 6) is 1.43. The molecule has 1 N–H and O–H groups in total. The first kappa shape index (κ1) is 18.5. The van der Waals surface area contributed by atoms with E-state index < -0.39 is 0 Å². The second kappa shape index (κ2) is 8.43. The van der Waals surface area contributed by atoms with Crippen LogP contribution < -0.4 is 10.1 Å². The highest BCUT2D eigenvalue weighted by Gasteiger charge is 2.33. The number of urea groups is 1. The van der Waals surface area contributed by atoms with E-state index >= 15 is 0 Å². The zero-order valence-corrected chi connectivity index (χ0v) is 15.7.